The van der Waals surface area contributed by atoms with Gasteiger partial charge in [-0.15, -0.1) is 12.4 Å². The topological polar surface area (TPSA) is 64.6 Å². The van der Waals surface area contributed by atoms with E-state index in [-0.39, 0.29) is 24.2 Å². The third kappa shape index (κ3) is 6.47. The zero-order valence-corrected chi connectivity index (χ0v) is 15.1. The van der Waals surface area contributed by atoms with Crippen LogP contribution >= 0.6 is 12.4 Å². The summed E-state index contributed by atoms with van der Waals surface area (Å²) >= 11 is 0. The molecule has 0 saturated carbocycles. The molecule has 0 fully saturated rings. The van der Waals surface area contributed by atoms with Crippen molar-refractivity contribution in [2.45, 2.75) is 13.3 Å². The first-order chi connectivity index (χ1) is 11.6. The first-order valence-corrected chi connectivity index (χ1v) is 7.76. The number of methoxy groups -OCH3 is 1. The van der Waals surface area contributed by atoms with Crippen LogP contribution in [0.5, 0.6) is 5.75 Å². The SMILES string of the molecule is COC(=O)c1ccc(OCCCNc2ccc(C(C)=O)cc2)cc1.Cl. The zero-order chi connectivity index (χ0) is 17.4. The number of hydrogen-bond donors (Lipinski definition) is 1. The fourth-order valence-corrected chi connectivity index (χ4v) is 2.12. The molecule has 1 N–H and O–H groups in total. The van der Waals surface area contributed by atoms with Crippen LogP contribution < -0.4 is 10.1 Å². The van der Waals surface area contributed by atoms with Crippen molar-refractivity contribution in [2.24, 2.45) is 0 Å². The van der Waals surface area contributed by atoms with Gasteiger partial charge in [0, 0.05) is 17.8 Å². The first-order valence-electron chi connectivity index (χ1n) is 7.76. The summed E-state index contributed by atoms with van der Waals surface area (Å²) in [4.78, 5) is 22.5. The van der Waals surface area contributed by atoms with Crippen molar-refractivity contribution < 1.29 is 19.1 Å². The van der Waals surface area contributed by atoms with Crippen molar-refractivity contribution in [1.29, 1.82) is 0 Å². The molecule has 25 heavy (non-hydrogen) atoms. The van der Waals surface area contributed by atoms with E-state index in [2.05, 4.69) is 10.1 Å². The number of Topliss-reactive ketones (excluding diaryl/α,β-unsaturated/α-hetero) is 1. The fraction of sp³-hybridized carbons (Fsp3) is 0.263. The second-order valence-electron chi connectivity index (χ2n) is 5.28. The molecule has 0 heterocycles. The van der Waals surface area contributed by atoms with Crippen molar-refractivity contribution in [3.63, 3.8) is 0 Å². The van der Waals surface area contributed by atoms with Crippen LogP contribution in [0.15, 0.2) is 48.5 Å². The van der Waals surface area contributed by atoms with Gasteiger partial charge < -0.3 is 14.8 Å². The van der Waals surface area contributed by atoms with Crippen LogP contribution in [0.1, 0.15) is 34.1 Å². The van der Waals surface area contributed by atoms with Gasteiger partial charge in [0.15, 0.2) is 5.78 Å². The highest BCUT2D eigenvalue weighted by Crippen LogP contribution is 2.13. The predicted molar refractivity (Wildman–Crippen MR) is 100 cm³/mol. The number of nitrogens with one attached hydrogen (secondary N) is 1. The second-order valence-corrected chi connectivity index (χ2v) is 5.28. The molecule has 2 aromatic carbocycles. The van der Waals surface area contributed by atoms with E-state index in [1.165, 1.54) is 7.11 Å². The molecule has 0 aliphatic heterocycles. The summed E-state index contributed by atoms with van der Waals surface area (Å²) in [6.45, 7) is 2.88. The molecule has 0 atom stereocenters. The van der Waals surface area contributed by atoms with Crippen molar-refractivity contribution >= 4 is 29.8 Å². The third-order valence-electron chi connectivity index (χ3n) is 3.49. The summed E-state index contributed by atoms with van der Waals surface area (Å²) in [6.07, 6.45) is 0.827. The Balaban J connectivity index is 0.00000312. The van der Waals surface area contributed by atoms with Crippen LogP contribution in [-0.2, 0) is 4.74 Å². The lowest BCUT2D eigenvalue weighted by molar-refractivity contribution is 0.0600. The number of rotatable bonds is 8. The number of ether oxygens (including phenoxy) is 2. The van der Waals surface area contributed by atoms with Gasteiger partial charge in [-0.05, 0) is 61.9 Å². The molecule has 134 valence electrons. The summed E-state index contributed by atoms with van der Waals surface area (Å²) in [6, 6.07) is 14.3. The lowest BCUT2D eigenvalue weighted by Crippen LogP contribution is -2.07. The first kappa shape index (κ1) is 20.5. The highest BCUT2D eigenvalue weighted by Gasteiger charge is 2.04. The number of halogens is 1. The lowest BCUT2D eigenvalue weighted by atomic mass is 10.1. The van der Waals surface area contributed by atoms with E-state index >= 15 is 0 Å². The third-order valence-corrected chi connectivity index (χ3v) is 3.49. The number of hydrogen-bond acceptors (Lipinski definition) is 5. The molecule has 0 aromatic heterocycles. The Bertz CT molecular complexity index is 684. The largest absolute Gasteiger partial charge is 0.494 e. The number of esters is 1. The monoisotopic (exact) mass is 363 g/mol. The van der Waals surface area contributed by atoms with Crippen LogP contribution in [0.25, 0.3) is 0 Å². The van der Waals surface area contributed by atoms with Crippen LogP contribution in [0.3, 0.4) is 0 Å². The van der Waals surface area contributed by atoms with E-state index in [1.54, 1.807) is 31.2 Å². The minimum atomic E-state index is -0.360. The van der Waals surface area contributed by atoms with Crippen molar-refractivity contribution in [2.75, 3.05) is 25.6 Å². The molecule has 0 aliphatic rings. The van der Waals surface area contributed by atoms with E-state index in [4.69, 9.17) is 4.74 Å². The molecular weight excluding hydrogens is 342 g/mol. The van der Waals surface area contributed by atoms with Gasteiger partial charge in [0.05, 0.1) is 19.3 Å². The highest BCUT2D eigenvalue weighted by molar-refractivity contribution is 5.94. The van der Waals surface area contributed by atoms with Gasteiger partial charge >= 0.3 is 5.97 Å². The maximum Gasteiger partial charge on any atom is 0.337 e. The van der Waals surface area contributed by atoms with Crippen LogP contribution in [0.4, 0.5) is 5.69 Å². The Hall–Kier alpha value is -2.53. The smallest absolute Gasteiger partial charge is 0.337 e. The minimum Gasteiger partial charge on any atom is -0.494 e. The Morgan fingerprint density at radius 2 is 1.56 bits per heavy atom. The van der Waals surface area contributed by atoms with Crippen LogP contribution in [0, 0.1) is 0 Å². The molecule has 0 bridgehead atoms. The average molecular weight is 364 g/mol. The quantitative estimate of drug-likeness (QED) is 0.436. The lowest BCUT2D eigenvalue weighted by Gasteiger charge is -2.09. The van der Waals surface area contributed by atoms with Gasteiger partial charge in [0.1, 0.15) is 5.75 Å². The average Bonchev–Trinajstić information content (AvgIpc) is 2.61. The molecule has 0 saturated heterocycles. The Kier molecular flexibility index (Phi) is 8.50. The van der Waals surface area contributed by atoms with Crippen LogP contribution in [0.2, 0.25) is 0 Å². The number of carbonyl (C=O) groups excluding carboxylic acids is 2. The maximum absolute atomic E-state index is 11.3. The van der Waals surface area contributed by atoms with E-state index in [0.717, 1.165) is 18.7 Å². The summed E-state index contributed by atoms with van der Waals surface area (Å²) < 4.78 is 10.3. The van der Waals surface area contributed by atoms with E-state index in [9.17, 15) is 9.59 Å². The fourth-order valence-electron chi connectivity index (χ4n) is 2.12. The van der Waals surface area contributed by atoms with E-state index < -0.39 is 0 Å². The number of benzene rings is 2. The zero-order valence-electron chi connectivity index (χ0n) is 14.3. The standard InChI is InChI=1S/C19H21NO4.ClH/c1-14(21)15-4-8-17(9-5-15)20-12-3-13-24-18-10-6-16(7-11-18)19(22)23-2;/h4-11,20H,3,12-13H2,1-2H3;1H. The maximum atomic E-state index is 11.3. The summed E-state index contributed by atoms with van der Waals surface area (Å²) in [7, 11) is 1.35. The van der Waals surface area contributed by atoms with Gasteiger partial charge in [0.25, 0.3) is 0 Å². The Morgan fingerprint density at radius 1 is 0.960 bits per heavy atom. The number of carbonyl (C=O) groups is 2. The minimum absolute atomic E-state index is 0. The number of ketones is 1. The summed E-state index contributed by atoms with van der Waals surface area (Å²) in [5.74, 6) is 0.420. The highest BCUT2D eigenvalue weighted by atomic mass is 35.5. The van der Waals surface area contributed by atoms with Crippen molar-refractivity contribution in [1.82, 2.24) is 0 Å². The molecule has 5 nitrogen and oxygen atoms in total. The summed E-state index contributed by atoms with van der Waals surface area (Å²) in [5.41, 5.74) is 2.18. The van der Waals surface area contributed by atoms with E-state index in [0.29, 0.717) is 23.5 Å². The van der Waals surface area contributed by atoms with E-state index in [1.807, 2.05) is 24.3 Å². The predicted octanol–water partition coefficient (Wildman–Crippen LogP) is 3.98. The molecule has 0 amide bonds. The molecule has 0 aliphatic carbocycles. The Labute approximate surface area is 153 Å². The van der Waals surface area contributed by atoms with Gasteiger partial charge in [-0.1, -0.05) is 0 Å². The normalized spacial score (nSPS) is 9.68. The van der Waals surface area contributed by atoms with Crippen molar-refractivity contribution in [3.8, 4) is 5.75 Å². The molecule has 6 heteroatoms. The number of anilines is 1. The van der Waals surface area contributed by atoms with Gasteiger partial charge in [-0.2, -0.15) is 0 Å². The second kappa shape index (κ2) is 10.4. The molecule has 0 spiro atoms. The molecular formula is C19H22ClNO4. The molecule has 0 unspecified atom stereocenters. The van der Waals surface area contributed by atoms with Gasteiger partial charge in [-0.25, -0.2) is 4.79 Å². The van der Waals surface area contributed by atoms with Gasteiger partial charge in [-0.3, -0.25) is 4.79 Å². The Morgan fingerprint density at radius 3 is 2.12 bits per heavy atom. The molecule has 0 radical (unpaired) electrons. The van der Waals surface area contributed by atoms with Crippen molar-refractivity contribution in [3.05, 3.63) is 59.7 Å². The van der Waals surface area contributed by atoms with Gasteiger partial charge in [0.2, 0.25) is 0 Å². The molecule has 2 aromatic rings. The van der Waals surface area contributed by atoms with Crippen LogP contribution in [-0.4, -0.2) is 32.0 Å². The molecule has 2 rings (SSSR count). The summed E-state index contributed by atoms with van der Waals surface area (Å²) in [5, 5.41) is 3.28.